The van der Waals surface area contributed by atoms with Gasteiger partial charge in [-0.15, -0.1) is 0 Å². The van der Waals surface area contributed by atoms with Crippen molar-refractivity contribution in [3.8, 4) is 23.3 Å². The quantitative estimate of drug-likeness (QED) is 0.645. The number of nitrogens with two attached hydrogens (primary N) is 1. The monoisotopic (exact) mass is 443 g/mol. The van der Waals surface area contributed by atoms with Crippen molar-refractivity contribution in [1.82, 2.24) is 4.57 Å². The third-order valence-electron chi connectivity index (χ3n) is 5.90. The van der Waals surface area contributed by atoms with Gasteiger partial charge in [0, 0.05) is 17.3 Å². The summed E-state index contributed by atoms with van der Waals surface area (Å²) in [6.45, 7) is 4.26. The molecule has 0 fully saturated rings. The van der Waals surface area contributed by atoms with Crippen LogP contribution in [0.1, 0.15) is 33.9 Å². The Morgan fingerprint density at radius 1 is 1.09 bits per heavy atom. The second kappa shape index (κ2) is 8.75. The average Bonchev–Trinajstić information content (AvgIpc) is 2.81. The fourth-order valence-corrected chi connectivity index (χ4v) is 4.13. The van der Waals surface area contributed by atoms with Gasteiger partial charge in [-0.3, -0.25) is 4.79 Å². The Labute approximate surface area is 192 Å². The number of ether oxygens (including phenoxy) is 3. The van der Waals surface area contributed by atoms with Crippen LogP contribution in [-0.2, 0) is 6.54 Å². The van der Waals surface area contributed by atoms with Crippen molar-refractivity contribution in [3.63, 3.8) is 0 Å². The molecule has 2 aromatic carbocycles. The first-order valence-corrected chi connectivity index (χ1v) is 10.5. The molecule has 4 rings (SSSR count). The van der Waals surface area contributed by atoms with Crippen LogP contribution in [-0.4, -0.2) is 18.8 Å². The highest BCUT2D eigenvalue weighted by Crippen LogP contribution is 2.44. The zero-order chi connectivity index (χ0) is 23.7. The minimum absolute atomic E-state index is 0.0324. The Morgan fingerprint density at radius 3 is 2.45 bits per heavy atom. The van der Waals surface area contributed by atoms with E-state index in [1.165, 1.54) is 7.11 Å². The number of fused-ring (bicyclic) bond motifs is 1. The molecule has 1 aliphatic heterocycles. The maximum Gasteiger partial charge on any atom is 0.259 e. The molecule has 1 aliphatic rings. The fourth-order valence-electron chi connectivity index (χ4n) is 4.13. The Hall–Kier alpha value is -4.18. The number of methoxy groups -OCH3 is 2. The minimum atomic E-state index is -0.763. The zero-order valence-corrected chi connectivity index (χ0v) is 19.0. The molecule has 0 radical (unpaired) electrons. The fraction of sp³-hybridized carbons (Fsp3) is 0.231. The molecule has 0 aliphatic carbocycles. The van der Waals surface area contributed by atoms with E-state index < -0.39 is 5.92 Å². The Bertz CT molecular complexity index is 1350. The van der Waals surface area contributed by atoms with Gasteiger partial charge in [0.15, 0.2) is 0 Å². The maximum absolute atomic E-state index is 13.8. The molecule has 0 amide bonds. The maximum atomic E-state index is 13.8. The van der Waals surface area contributed by atoms with Crippen LogP contribution in [0.3, 0.4) is 0 Å². The highest BCUT2D eigenvalue weighted by Gasteiger charge is 2.36. The predicted octanol–water partition coefficient (Wildman–Crippen LogP) is 3.75. The van der Waals surface area contributed by atoms with E-state index in [0.717, 1.165) is 16.8 Å². The molecule has 3 aromatic rings. The summed E-state index contributed by atoms with van der Waals surface area (Å²) in [5.74, 6) is 0.626. The van der Waals surface area contributed by atoms with Gasteiger partial charge in [0.1, 0.15) is 28.9 Å². The van der Waals surface area contributed by atoms with E-state index in [4.69, 9.17) is 19.9 Å². The standard InChI is InChI=1S/C26H25N3O4/c1-15-5-7-17(8-6-15)14-29-16(2)11-22-24(26(29)30)23(20(13-27)25(28)33-22)19-12-18(31-3)9-10-21(19)32-4/h5-12,23H,14,28H2,1-4H3/t23-/m1/s1. The van der Waals surface area contributed by atoms with Crippen LogP contribution in [0, 0.1) is 25.2 Å². The number of pyridine rings is 1. The van der Waals surface area contributed by atoms with E-state index in [9.17, 15) is 10.1 Å². The van der Waals surface area contributed by atoms with Crippen LogP contribution in [0.2, 0.25) is 0 Å². The van der Waals surface area contributed by atoms with Crippen molar-refractivity contribution in [2.75, 3.05) is 14.2 Å². The highest BCUT2D eigenvalue weighted by atomic mass is 16.5. The van der Waals surface area contributed by atoms with Gasteiger partial charge < -0.3 is 24.5 Å². The van der Waals surface area contributed by atoms with E-state index in [-0.39, 0.29) is 17.0 Å². The molecule has 0 saturated heterocycles. The van der Waals surface area contributed by atoms with Crippen molar-refractivity contribution < 1.29 is 14.2 Å². The number of allylic oxidation sites excluding steroid dienone is 1. The summed E-state index contributed by atoms with van der Waals surface area (Å²) < 4.78 is 18.4. The highest BCUT2D eigenvalue weighted by molar-refractivity contribution is 5.59. The van der Waals surface area contributed by atoms with Gasteiger partial charge in [0.25, 0.3) is 5.56 Å². The summed E-state index contributed by atoms with van der Waals surface area (Å²) in [4.78, 5) is 13.8. The lowest BCUT2D eigenvalue weighted by atomic mass is 9.83. The zero-order valence-electron chi connectivity index (χ0n) is 19.0. The first-order chi connectivity index (χ1) is 15.9. The van der Waals surface area contributed by atoms with E-state index >= 15 is 0 Å². The minimum Gasteiger partial charge on any atom is -0.497 e. The van der Waals surface area contributed by atoms with Gasteiger partial charge in [-0.05, 0) is 37.6 Å². The second-order valence-corrected chi connectivity index (χ2v) is 7.97. The number of nitriles is 1. The van der Waals surface area contributed by atoms with Gasteiger partial charge in [-0.25, -0.2) is 0 Å². The molecule has 33 heavy (non-hydrogen) atoms. The van der Waals surface area contributed by atoms with E-state index in [0.29, 0.717) is 34.9 Å². The SMILES string of the molecule is COc1ccc(OC)c([C@@H]2C(C#N)=C(N)Oc3cc(C)n(Cc4ccc(C)cc4)c(=O)c32)c1. The molecule has 2 heterocycles. The van der Waals surface area contributed by atoms with Gasteiger partial charge in [-0.2, -0.15) is 5.26 Å². The van der Waals surface area contributed by atoms with Crippen LogP contribution >= 0.6 is 0 Å². The number of hydrogen-bond donors (Lipinski definition) is 1. The Kier molecular flexibility index (Phi) is 5.84. The van der Waals surface area contributed by atoms with Crippen molar-refractivity contribution in [2.24, 2.45) is 5.73 Å². The first kappa shape index (κ1) is 22.0. The smallest absolute Gasteiger partial charge is 0.259 e. The van der Waals surface area contributed by atoms with E-state index in [2.05, 4.69) is 6.07 Å². The summed E-state index contributed by atoms with van der Waals surface area (Å²) in [6.07, 6.45) is 0. The number of rotatable bonds is 5. The topological polar surface area (TPSA) is 99.5 Å². The van der Waals surface area contributed by atoms with Crippen LogP contribution < -0.4 is 25.5 Å². The van der Waals surface area contributed by atoms with Crippen LogP contribution in [0.15, 0.2) is 64.8 Å². The lowest BCUT2D eigenvalue weighted by molar-refractivity contribution is 0.380. The lowest BCUT2D eigenvalue weighted by Gasteiger charge is -2.28. The first-order valence-electron chi connectivity index (χ1n) is 10.5. The molecule has 7 nitrogen and oxygen atoms in total. The number of aryl methyl sites for hydroxylation is 2. The van der Waals surface area contributed by atoms with Gasteiger partial charge in [0.2, 0.25) is 5.88 Å². The van der Waals surface area contributed by atoms with Crippen molar-refractivity contribution in [3.05, 3.63) is 98.3 Å². The molecule has 0 spiro atoms. The summed E-state index contributed by atoms with van der Waals surface area (Å²) >= 11 is 0. The Morgan fingerprint density at radius 2 is 1.82 bits per heavy atom. The van der Waals surface area contributed by atoms with Crippen molar-refractivity contribution >= 4 is 0 Å². The molecule has 168 valence electrons. The molecular formula is C26H25N3O4. The largest absolute Gasteiger partial charge is 0.497 e. The molecule has 1 atom stereocenters. The van der Waals surface area contributed by atoms with E-state index in [1.807, 2.05) is 38.1 Å². The molecule has 7 heteroatoms. The molecule has 0 bridgehead atoms. The van der Waals surface area contributed by atoms with Crippen LogP contribution in [0.4, 0.5) is 0 Å². The van der Waals surface area contributed by atoms with Gasteiger partial charge >= 0.3 is 0 Å². The molecule has 2 N–H and O–H groups in total. The van der Waals surface area contributed by atoms with E-state index in [1.54, 1.807) is 35.9 Å². The summed E-state index contributed by atoms with van der Waals surface area (Å²) in [5.41, 5.74) is 9.83. The summed E-state index contributed by atoms with van der Waals surface area (Å²) in [7, 11) is 3.09. The van der Waals surface area contributed by atoms with Gasteiger partial charge in [0.05, 0.1) is 32.2 Å². The molecule has 1 aromatic heterocycles. The van der Waals surface area contributed by atoms with Crippen molar-refractivity contribution in [1.29, 1.82) is 5.26 Å². The van der Waals surface area contributed by atoms with Crippen LogP contribution in [0.25, 0.3) is 0 Å². The van der Waals surface area contributed by atoms with Gasteiger partial charge in [-0.1, -0.05) is 29.8 Å². The van der Waals surface area contributed by atoms with Crippen molar-refractivity contribution in [2.45, 2.75) is 26.3 Å². The molecular weight excluding hydrogens is 418 g/mol. The summed E-state index contributed by atoms with van der Waals surface area (Å²) in [5, 5.41) is 9.94. The third-order valence-corrected chi connectivity index (χ3v) is 5.90. The number of benzene rings is 2. The molecule has 0 saturated carbocycles. The number of aromatic nitrogens is 1. The Balaban J connectivity index is 1.96. The second-order valence-electron chi connectivity index (χ2n) is 7.97. The lowest BCUT2D eigenvalue weighted by Crippen LogP contribution is -2.33. The number of hydrogen-bond acceptors (Lipinski definition) is 6. The van der Waals surface area contributed by atoms with Crippen LogP contribution in [0.5, 0.6) is 17.2 Å². The molecule has 0 unspecified atom stereocenters. The third kappa shape index (κ3) is 3.92. The average molecular weight is 444 g/mol. The summed E-state index contributed by atoms with van der Waals surface area (Å²) in [6, 6.07) is 17.2. The predicted molar refractivity (Wildman–Crippen MR) is 125 cm³/mol. The number of nitrogens with zero attached hydrogens (tertiary/aromatic N) is 2. The normalized spacial score (nSPS) is 14.8.